The number of pyridine rings is 1. The Morgan fingerprint density at radius 3 is 2.47 bits per heavy atom. The van der Waals surface area contributed by atoms with Crippen LogP contribution in [0.5, 0.6) is 11.5 Å². The van der Waals surface area contributed by atoms with Gasteiger partial charge in [-0.25, -0.2) is 0 Å². The molecule has 0 aliphatic heterocycles. The second kappa shape index (κ2) is 3.98. The molecule has 0 unspecified atom stereocenters. The minimum Gasteiger partial charge on any atom is -0.507 e. The summed E-state index contributed by atoms with van der Waals surface area (Å²) in [7, 11) is 0. The van der Waals surface area contributed by atoms with Crippen LogP contribution in [-0.4, -0.2) is 20.4 Å². The molecule has 0 aliphatic carbocycles. The molecule has 3 rings (SSSR count). The molecule has 0 aliphatic rings. The lowest BCUT2D eigenvalue weighted by Crippen LogP contribution is -1.87. The van der Waals surface area contributed by atoms with Crippen molar-refractivity contribution in [2.45, 2.75) is 13.8 Å². The van der Waals surface area contributed by atoms with E-state index in [4.69, 9.17) is 4.52 Å². The summed E-state index contributed by atoms with van der Waals surface area (Å²) in [6.07, 6.45) is 1.63. The van der Waals surface area contributed by atoms with Crippen molar-refractivity contribution in [2.24, 2.45) is 0 Å². The maximum Gasteiger partial charge on any atom is 0.213 e. The quantitative estimate of drug-likeness (QED) is 0.654. The summed E-state index contributed by atoms with van der Waals surface area (Å²) in [6, 6.07) is 5.38. The maximum atomic E-state index is 10.3. The highest BCUT2D eigenvalue weighted by Crippen LogP contribution is 2.42. The zero-order chi connectivity index (χ0) is 13.6. The standard InChI is InChI=1S/C14H12N2O3/c1-7-8(2)13(18)14-10(12(7)17)11(16-19-14)9-5-3-4-6-15-9/h3-6,17-18H,1-2H3. The van der Waals surface area contributed by atoms with Gasteiger partial charge in [0.2, 0.25) is 5.58 Å². The van der Waals surface area contributed by atoms with Crippen molar-refractivity contribution in [3.63, 3.8) is 0 Å². The number of phenolic OH excluding ortho intramolecular Hbond substituents is 2. The van der Waals surface area contributed by atoms with Gasteiger partial charge in [-0.1, -0.05) is 11.2 Å². The summed E-state index contributed by atoms with van der Waals surface area (Å²) in [5.41, 5.74) is 2.37. The first-order chi connectivity index (χ1) is 9.11. The third-order valence-corrected chi connectivity index (χ3v) is 3.32. The molecule has 0 atom stereocenters. The van der Waals surface area contributed by atoms with Gasteiger partial charge in [-0.2, -0.15) is 0 Å². The van der Waals surface area contributed by atoms with Crippen LogP contribution < -0.4 is 0 Å². The topological polar surface area (TPSA) is 79.4 Å². The largest absolute Gasteiger partial charge is 0.507 e. The lowest BCUT2D eigenvalue weighted by Gasteiger charge is -2.07. The van der Waals surface area contributed by atoms with Crippen LogP contribution in [0.25, 0.3) is 22.4 Å². The van der Waals surface area contributed by atoms with E-state index in [9.17, 15) is 10.2 Å². The van der Waals surface area contributed by atoms with Crippen molar-refractivity contribution in [1.29, 1.82) is 0 Å². The van der Waals surface area contributed by atoms with E-state index in [1.54, 1.807) is 32.2 Å². The first kappa shape index (κ1) is 11.5. The molecule has 0 spiro atoms. The SMILES string of the molecule is Cc1c(C)c(O)c2c(-c3ccccn3)noc2c1O. The normalized spacial score (nSPS) is 11.1. The molecule has 5 heteroatoms. The van der Waals surface area contributed by atoms with Gasteiger partial charge in [-0.3, -0.25) is 4.98 Å². The molecular formula is C14H12N2O3. The van der Waals surface area contributed by atoms with Crippen molar-refractivity contribution in [1.82, 2.24) is 10.1 Å². The van der Waals surface area contributed by atoms with Crippen LogP contribution >= 0.6 is 0 Å². The van der Waals surface area contributed by atoms with Gasteiger partial charge in [0.1, 0.15) is 11.4 Å². The Morgan fingerprint density at radius 1 is 1.05 bits per heavy atom. The highest BCUT2D eigenvalue weighted by atomic mass is 16.5. The maximum absolute atomic E-state index is 10.3. The summed E-state index contributed by atoms with van der Waals surface area (Å²) in [6.45, 7) is 3.45. The molecule has 0 bridgehead atoms. The molecule has 1 aromatic carbocycles. The highest BCUT2D eigenvalue weighted by molar-refractivity contribution is 6.00. The molecule has 0 saturated carbocycles. The number of hydrogen-bond acceptors (Lipinski definition) is 5. The predicted molar refractivity (Wildman–Crippen MR) is 70.0 cm³/mol. The van der Waals surface area contributed by atoms with Gasteiger partial charge in [0.15, 0.2) is 5.75 Å². The lowest BCUT2D eigenvalue weighted by molar-refractivity contribution is 0.419. The predicted octanol–water partition coefficient (Wildman–Crippen LogP) is 2.92. The summed E-state index contributed by atoms with van der Waals surface area (Å²) in [5, 5.41) is 24.6. The summed E-state index contributed by atoms with van der Waals surface area (Å²) in [5.74, 6) is 0.0622. The molecule has 19 heavy (non-hydrogen) atoms. The molecule has 5 nitrogen and oxygen atoms in total. The number of hydrogen-bond donors (Lipinski definition) is 2. The van der Waals surface area contributed by atoms with Crippen molar-refractivity contribution < 1.29 is 14.7 Å². The molecule has 0 radical (unpaired) electrons. The zero-order valence-electron chi connectivity index (χ0n) is 10.5. The van der Waals surface area contributed by atoms with E-state index in [1.165, 1.54) is 0 Å². The fraction of sp³-hybridized carbons (Fsp3) is 0.143. The Morgan fingerprint density at radius 2 is 1.79 bits per heavy atom. The Hall–Kier alpha value is -2.56. The number of nitrogens with zero attached hydrogens (tertiary/aromatic N) is 2. The van der Waals surface area contributed by atoms with E-state index in [0.717, 1.165) is 0 Å². The van der Waals surface area contributed by atoms with Gasteiger partial charge in [-0.15, -0.1) is 0 Å². The monoisotopic (exact) mass is 256 g/mol. The summed E-state index contributed by atoms with van der Waals surface area (Å²) >= 11 is 0. The third-order valence-electron chi connectivity index (χ3n) is 3.32. The van der Waals surface area contributed by atoms with E-state index < -0.39 is 0 Å². The first-order valence-electron chi connectivity index (χ1n) is 5.83. The third kappa shape index (κ3) is 1.55. The van der Waals surface area contributed by atoms with Gasteiger partial charge in [0.25, 0.3) is 0 Å². The summed E-state index contributed by atoms with van der Waals surface area (Å²) in [4.78, 5) is 4.18. The number of aromatic nitrogens is 2. The number of phenols is 2. The average molecular weight is 256 g/mol. The number of aromatic hydroxyl groups is 2. The molecule has 2 aromatic heterocycles. The highest BCUT2D eigenvalue weighted by Gasteiger charge is 2.22. The van der Waals surface area contributed by atoms with E-state index in [2.05, 4.69) is 10.1 Å². The van der Waals surface area contributed by atoms with Crippen LogP contribution in [0.2, 0.25) is 0 Å². The van der Waals surface area contributed by atoms with Crippen LogP contribution in [0.4, 0.5) is 0 Å². The average Bonchev–Trinajstić information content (AvgIpc) is 2.88. The molecule has 96 valence electrons. The van der Waals surface area contributed by atoms with Crippen molar-refractivity contribution in [3.05, 3.63) is 35.5 Å². The first-order valence-corrected chi connectivity index (χ1v) is 5.83. The fourth-order valence-electron chi connectivity index (χ4n) is 2.06. The number of fused-ring (bicyclic) bond motifs is 1. The second-order valence-corrected chi connectivity index (χ2v) is 4.40. The van der Waals surface area contributed by atoms with Crippen LogP contribution in [0.3, 0.4) is 0 Å². The van der Waals surface area contributed by atoms with E-state index >= 15 is 0 Å². The molecule has 2 heterocycles. The number of benzene rings is 1. The van der Waals surface area contributed by atoms with Crippen LogP contribution in [0.15, 0.2) is 28.9 Å². The van der Waals surface area contributed by atoms with Gasteiger partial charge >= 0.3 is 0 Å². The van der Waals surface area contributed by atoms with E-state index in [1.807, 2.05) is 6.07 Å². The van der Waals surface area contributed by atoms with E-state index in [-0.39, 0.29) is 17.1 Å². The molecule has 0 fully saturated rings. The Kier molecular flexibility index (Phi) is 2.41. The van der Waals surface area contributed by atoms with Gasteiger partial charge in [0.05, 0.1) is 11.1 Å². The van der Waals surface area contributed by atoms with Crippen LogP contribution in [-0.2, 0) is 0 Å². The molecular weight excluding hydrogens is 244 g/mol. The van der Waals surface area contributed by atoms with Crippen LogP contribution in [0, 0.1) is 13.8 Å². The number of rotatable bonds is 1. The Labute approximate surface area is 109 Å². The minimum atomic E-state index is -0.0000175. The van der Waals surface area contributed by atoms with Gasteiger partial charge in [-0.05, 0) is 31.5 Å². The molecule has 2 N–H and O–H groups in total. The fourth-order valence-corrected chi connectivity index (χ4v) is 2.06. The van der Waals surface area contributed by atoms with Crippen LogP contribution in [0.1, 0.15) is 11.1 Å². The van der Waals surface area contributed by atoms with Gasteiger partial charge in [0, 0.05) is 11.8 Å². The van der Waals surface area contributed by atoms with Crippen molar-refractivity contribution in [2.75, 3.05) is 0 Å². The minimum absolute atomic E-state index is 0.0000175. The summed E-state index contributed by atoms with van der Waals surface area (Å²) < 4.78 is 5.15. The lowest BCUT2D eigenvalue weighted by atomic mass is 10.0. The molecule has 0 amide bonds. The van der Waals surface area contributed by atoms with Crippen molar-refractivity contribution in [3.8, 4) is 22.9 Å². The van der Waals surface area contributed by atoms with E-state index in [0.29, 0.717) is 27.9 Å². The zero-order valence-corrected chi connectivity index (χ0v) is 10.5. The Bertz CT molecular complexity index is 763. The molecule has 3 aromatic rings. The second-order valence-electron chi connectivity index (χ2n) is 4.40. The van der Waals surface area contributed by atoms with Crippen molar-refractivity contribution >= 4 is 11.0 Å². The molecule has 0 saturated heterocycles. The smallest absolute Gasteiger partial charge is 0.213 e. The van der Waals surface area contributed by atoms with Gasteiger partial charge < -0.3 is 14.7 Å². The Balaban J connectivity index is 2.42.